The van der Waals surface area contributed by atoms with Gasteiger partial charge >= 0.3 is 5.63 Å². The van der Waals surface area contributed by atoms with E-state index >= 15 is 0 Å². The van der Waals surface area contributed by atoms with Crippen LogP contribution in [0.4, 0.5) is 0 Å². The summed E-state index contributed by atoms with van der Waals surface area (Å²) in [6.07, 6.45) is 3.60. The first-order valence-corrected chi connectivity index (χ1v) is 10.5. The molecule has 7 heteroatoms. The summed E-state index contributed by atoms with van der Waals surface area (Å²) in [4.78, 5) is 35.7. The highest BCUT2D eigenvalue weighted by molar-refractivity contribution is 5.87. The Morgan fingerprint density at radius 3 is 2.53 bits per heavy atom. The van der Waals surface area contributed by atoms with E-state index in [1.807, 2.05) is 13.0 Å². The second-order valence-corrected chi connectivity index (χ2v) is 7.54. The average molecular weight is 416 g/mol. The first-order valence-electron chi connectivity index (χ1n) is 10.5. The predicted molar refractivity (Wildman–Crippen MR) is 112 cm³/mol. The Labute approximate surface area is 176 Å². The molecule has 0 saturated carbocycles. The molecule has 0 spiro atoms. The van der Waals surface area contributed by atoms with Crippen LogP contribution >= 0.6 is 0 Å². The Morgan fingerprint density at radius 1 is 1.20 bits per heavy atom. The van der Waals surface area contributed by atoms with Crippen LogP contribution < -0.4 is 20.8 Å². The number of rotatable bonds is 11. The van der Waals surface area contributed by atoms with Crippen molar-refractivity contribution in [3.63, 3.8) is 0 Å². The molecular formula is C23H30NO6-. The molecule has 1 N–H and O–H groups in total. The average Bonchev–Trinajstić information content (AvgIpc) is 2.71. The fraction of sp³-hybridized carbons (Fsp3) is 0.522. The van der Waals surface area contributed by atoms with Crippen molar-refractivity contribution in [1.82, 2.24) is 5.32 Å². The fourth-order valence-corrected chi connectivity index (χ4v) is 3.30. The van der Waals surface area contributed by atoms with Crippen LogP contribution in [0.2, 0.25) is 0 Å². The quantitative estimate of drug-likeness (QED) is 0.564. The van der Waals surface area contributed by atoms with Gasteiger partial charge in [-0.2, -0.15) is 0 Å². The molecule has 30 heavy (non-hydrogen) atoms. The molecule has 7 nitrogen and oxygen atoms in total. The summed E-state index contributed by atoms with van der Waals surface area (Å²) in [5, 5.41) is 14.6. The number of amides is 1. The van der Waals surface area contributed by atoms with Gasteiger partial charge in [0.05, 0.1) is 12.0 Å². The van der Waals surface area contributed by atoms with E-state index in [2.05, 4.69) is 12.2 Å². The van der Waals surface area contributed by atoms with Crippen molar-refractivity contribution in [2.45, 2.75) is 78.4 Å². The number of hydrogen-bond donors (Lipinski definition) is 1. The lowest BCUT2D eigenvalue weighted by atomic mass is 10.0. The number of carboxylic acid groups (broad SMARTS) is 1. The maximum atomic E-state index is 12.4. The smallest absolute Gasteiger partial charge is 0.336 e. The number of aryl methyl sites for hydroxylation is 2. The third-order valence-electron chi connectivity index (χ3n) is 5.12. The largest absolute Gasteiger partial charge is 0.548 e. The van der Waals surface area contributed by atoms with Crippen molar-refractivity contribution in [3.8, 4) is 5.75 Å². The van der Waals surface area contributed by atoms with Gasteiger partial charge in [0.2, 0.25) is 0 Å². The molecule has 0 bridgehead atoms. The van der Waals surface area contributed by atoms with E-state index in [1.165, 1.54) is 6.07 Å². The van der Waals surface area contributed by atoms with Gasteiger partial charge in [-0.05, 0) is 50.8 Å². The zero-order valence-electron chi connectivity index (χ0n) is 18.1. The summed E-state index contributed by atoms with van der Waals surface area (Å²) in [5.41, 5.74) is 1.56. The third-order valence-corrected chi connectivity index (χ3v) is 5.12. The van der Waals surface area contributed by atoms with E-state index in [9.17, 15) is 19.5 Å². The first kappa shape index (κ1) is 23.4. The second-order valence-electron chi connectivity index (χ2n) is 7.54. The molecule has 1 amide bonds. The summed E-state index contributed by atoms with van der Waals surface area (Å²) in [6, 6.07) is 4.02. The van der Waals surface area contributed by atoms with E-state index in [1.54, 1.807) is 19.9 Å². The van der Waals surface area contributed by atoms with Crippen molar-refractivity contribution in [2.75, 3.05) is 0 Å². The van der Waals surface area contributed by atoms with Gasteiger partial charge < -0.3 is 24.4 Å². The summed E-state index contributed by atoms with van der Waals surface area (Å²) in [5.74, 6) is -1.45. The van der Waals surface area contributed by atoms with Gasteiger partial charge in [0.25, 0.3) is 5.91 Å². The predicted octanol–water partition coefficient (Wildman–Crippen LogP) is 2.64. The topological polar surface area (TPSA) is 109 Å². The zero-order valence-corrected chi connectivity index (χ0v) is 18.1. The lowest BCUT2D eigenvalue weighted by molar-refractivity contribution is -0.308. The molecule has 2 aromatic rings. The Hall–Kier alpha value is -2.83. The fourth-order valence-electron chi connectivity index (χ4n) is 3.30. The lowest BCUT2D eigenvalue weighted by Gasteiger charge is -2.23. The van der Waals surface area contributed by atoms with E-state index in [0.717, 1.165) is 36.6 Å². The minimum absolute atomic E-state index is 0.304. The highest BCUT2D eigenvalue weighted by Crippen LogP contribution is 2.29. The Bertz CT molecular complexity index is 949. The number of carbonyl (C=O) groups excluding carboxylic acids is 2. The van der Waals surface area contributed by atoms with Gasteiger partial charge in [0, 0.05) is 17.0 Å². The summed E-state index contributed by atoms with van der Waals surface area (Å²) >= 11 is 0. The van der Waals surface area contributed by atoms with Gasteiger partial charge in [-0.15, -0.1) is 0 Å². The standard InChI is InChI=1S/C23H31NO6/c1-5-7-9-16-13-20(25)30-21-14(3)19(12-11-17(16)21)29-15(4)22(26)24-18(23(27)28)10-8-6-2/h11-13,15,18H,5-10H2,1-4H3,(H,24,26)(H,27,28)/p-1/t15-,18+/m1/s1. The highest BCUT2D eigenvalue weighted by Gasteiger charge is 2.21. The van der Waals surface area contributed by atoms with E-state index in [-0.39, 0.29) is 0 Å². The van der Waals surface area contributed by atoms with E-state index in [0.29, 0.717) is 29.7 Å². The third kappa shape index (κ3) is 5.84. The summed E-state index contributed by atoms with van der Waals surface area (Å²) in [7, 11) is 0. The monoisotopic (exact) mass is 416 g/mol. The van der Waals surface area contributed by atoms with Crippen LogP contribution in [-0.4, -0.2) is 24.0 Å². The Morgan fingerprint density at radius 2 is 1.90 bits per heavy atom. The number of hydrogen-bond acceptors (Lipinski definition) is 6. The molecule has 0 aliphatic carbocycles. The van der Waals surface area contributed by atoms with Crippen LogP contribution in [0.25, 0.3) is 11.0 Å². The Kier molecular flexibility index (Phi) is 8.45. The summed E-state index contributed by atoms with van der Waals surface area (Å²) in [6.45, 7) is 7.33. The van der Waals surface area contributed by atoms with Crippen molar-refractivity contribution in [2.24, 2.45) is 0 Å². The van der Waals surface area contributed by atoms with Gasteiger partial charge in [0.1, 0.15) is 11.3 Å². The molecule has 0 aliphatic rings. The maximum Gasteiger partial charge on any atom is 0.336 e. The van der Waals surface area contributed by atoms with Crippen LogP contribution in [0.3, 0.4) is 0 Å². The van der Waals surface area contributed by atoms with E-state index in [4.69, 9.17) is 9.15 Å². The molecule has 2 atom stereocenters. The van der Waals surface area contributed by atoms with Gasteiger partial charge in [-0.1, -0.05) is 33.1 Å². The van der Waals surface area contributed by atoms with Gasteiger partial charge in [-0.3, -0.25) is 4.79 Å². The summed E-state index contributed by atoms with van der Waals surface area (Å²) < 4.78 is 11.2. The molecule has 1 aromatic carbocycles. The number of carbonyl (C=O) groups is 2. The number of unbranched alkanes of at least 4 members (excludes halogenated alkanes) is 2. The molecule has 0 unspecified atom stereocenters. The van der Waals surface area contributed by atoms with Crippen molar-refractivity contribution in [1.29, 1.82) is 0 Å². The number of benzene rings is 1. The number of nitrogens with one attached hydrogen (secondary N) is 1. The van der Waals surface area contributed by atoms with Crippen molar-refractivity contribution in [3.05, 3.63) is 39.7 Å². The van der Waals surface area contributed by atoms with Crippen molar-refractivity contribution >= 4 is 22.8 Å². The normalized spacial score (nSPS) is 13.1. The van der Waals surface area contributed by atoms with Crippen LogP contribution in [0.15, 0.2) is 27.4 Å². The molecule has 1 aromatic heterocycles. The minimum atomic E-state index is -1.31. The number of carboxylic acids is 1. The number of aliphatic carboxylic acids is 1. The van der Waals surface area contributed by atoms with Crippen LogP contribution in [0.1, 0.15) is 64.0 Å². The molecule has 0 fully saturated rings. The molecular weight excluding hydrogens is 386 g/mol. The number of fused-ring (bicyclic) bond motifs is 1. The van der Waals surface area contributed by atoms with Crippen molar-refractivity contribution < 1.29 is 23.8 Å². The Balaban J connectivity index is 2.22. The lowest BCUT2D eigenvalue weighted by Crippen LogP contribution is -2.51. The minimum Gasteiger partial charge on any atom is -0.548 e. The number of ether oxygens (including phenoxy) is 1. The molecule has 1 heterocycles. The van der Waals surface area contributed by atoms with Crippen LogP contribution in [0, 0.1) is 6.92 Å². The highest BCUT2D eigenvalue weighted by atomic mass is 16.5. The SMILES string of the molecule is CCCCc1cc(=O)oc2c(C)c(O[C@H](C)C(=O)N[C@@H](CCCC)C(=O)[O-])ccc12. The van der Waals surface area contributed by atoms with Gasteiger partial charge in [-0.25, -0.2) is 4.79 Å². The maximum absolute atomic E-state index is 12.4. The molecule has 0 saturated heterocycles. The first-order chi connectivity index (χ1) is 14.3. The second kappa shape index (κ2) is 10.8. The van der Waals surface area contributed by atoms with Crippen LogP contribution in [-0.2, 0) is 16.0 Å². The van der Waals surface area contributed by atoms with Crippen LogP contribution in [0.5, 0.6) is 5.75 Å². The zero-order chi connectivity index (χ0) is 22.3. The molecule has 164 valence electrons. The van der Waals surface area contributed by atoms with E-state index < -0.39 is 29.6 Å². The van der Waals surface area contributed by atoms with Gasteiger partial charge in [0.15, 0.2) is 6.10 Å². The molecule has 0 aliphatic heterocycles. The molecule has 2 rings (SSSR count). The molecule has 0 radical (unpaired) electrons.